The molecule has 0 aliphatic heterocycles. The van der Waals surface area contributed by atoms with Gasteiger partial charge in [-0.25, -0.2) is 8.42 Å². The molecule has 0 saturated carbocycles. The van der Waals surface area contributed by atoms with Crippen LogP contribution in [0.4, 0.5) is 0 Å². The van der Waals surface area contributed by atoms with E-state index in [0.29, 0.717) is 0 Å². The molecule has 0 unspecified atom stereocenters. The van der Waals surface area contributed by atoms with Crippen molar-refractivity contribution in [3.05, 3.63) is 24.5 Å². The van der Waals surface area contributed by atoms with Crippen molar-refractivity contribution in [2.75, 3.05) is 0 Å². The van der Waals surface area contributed by atoms with E-state index in [1.165, 1.54) is 38.4 Å². The molecule has 0 aromatic carbocycles. The summed E-state index contributed by atoms with van der Waals surface area (Å²) in [4.78, 5) is 3.84. The third-order valence-corrected chi connectivity index (χ3v) is 4.23. The molecule has 1 aromatic rings. The maximum absolute atomic E-state index is 11.8. The van der Waals surface area contributed by atoms with Crippen molar-refractivity contribution in [3.63, 3.8) is 0 Å². The van der Waals surface area contributed by atoms with Crippen molar-refractivity contribution < 1.29 is 8.42 Å². The van der Waals surface area contributed by atoms with Gasteiger partial charge in [0, 0.05) is 12.4 Å². The average molecular weight is 210 g/mol. The number of hydrogen-bond acceptors (Lipinski definition) is 4. The van der Waals surface area contributed by atoms with E-state index >= 15 is 0 Å². The van der Waals surface area contributed by atoms with Gasteiger partial charge in [0.25, 0.3) is 0 Å². The molecule has 0 aliphatic carbocycles. The van der Waals surface area contributed by atoms with E-state index in [0.717, 1.165) is 0 Å². The molecule has 5 heteroatoms. The smallest absolute Gasteiger partial charge is 0.196 e. The molecule has 0 saturated heterocycles. The lowest BCUT2D eigenvalue weighted by atomic mass is 10.2. The first kappa shape index (κ1) is 10.7. The summed E-state index contributed by atoms with van der Waals surface area (Å²) in [6.45, 7) is 2.76. The second kappa shape index (κ2) is 3.39. The van der Waals surface area contributed by atoms with Crippen molar-refractivity contribution in [2.45, 2.75) is 23.5 Å². The van der Waals surface area contributed by atoms with Gasteiger partial charge in [-0.05, 0) is 26.0 Å². The number of rotatable bonds is 2. The van der Waals surface area contributed by atoms with Gasteiger partial charge in [-0.15, -0.1) is 0 Å². The number of aromatic nitrogens is 1. The Morgan fingerprint density at radius 2 is 1.86 bits per heavy atom. The molecule has 0 amide bonds. The summed E-state index contributed by atoms with van der Waals surface area (Å²) >= 11 is 0. The highest BCUT2D eigenvalue weighted by Gasteiger charge is 2.35. The molecule has 0 fully saturated rings. The van der Waals surface area contributed by atoms with Gasteiger partial charge in [0.05, 0.1) is 11.0 Å². The molecule has 0 radical (unpaired) electrons. The molecule has 0 aliphatic rings. The molecule has 1 aromatic heterocycles. The lowest BCUT2D eigenvalue weighted by Crippen LogP contribution is -2.29. The molecule has 0 spiro atoms. The molecule has 1 heterocycles. The molecule has 0 N–H and O–H groups in total. The second-order valence-electron chi connectivity index (χ2n) is 3.31. The minimum absolute atomic E-state index is 0.124. The molecule has 0 bridgehead atoms. The van der Waals surface area contributed by atoms with Gasteiger partial charge in [0.1, 0.15) is 0 Å². The highest BCUT2D eigenvalue weighted by atomic mass is 32.2. The van der Waals surface area contributed by atoms with Crippen LogP contribution < -0.4 is 0 Å². The van der Waals surface area contributed by atoms with Crippen LogP contribution in [0.2, 0.25) is 0 Å². The van der Waals surface area contributed by atoms with Crippen LogP contribution in [0.1, 0.15) is 13.8 Å². The van der Waals surface area contributed by atoms with Gasteiger partial charge >= 0.3 is 0 Å². The SMILES string of the molecule is CC(C)(C#N)S(=O)(=O)c1ccncc1. The van der Waals surface area contributed by atoms with Crippen LogP contribution >= 0.6 is 0 Å². The molecule has 14 heavy (non-hydrogen) atoms. The highest BCUT2D eigenvalue weighted by Crippen LogP contribution is 2.23. The first-order valence-corrected chi connectivity index (χ1v) is 5.46. The highest BCUT2D eigenvalue weighted by molar-refractivity contribution is 7.93. The van der Waals surface area contributed by atoms with E-state index in [4.69, 9.17) is 5.26 Å². The second-order valence-corrected chi connectivity index (χ2v) is 5.81. The standard InChI is InChI=1S/C9H10N2O2S/c1-9(2,7-10)14(12,13)8-3-5-11-6-4-8/h3-6H,1-2H3. The molecular formula is C9H10N2O2S. The van der Waals surface area contributed by atoms with E-state index in [9.17, 15) is 8.42 Å². The van der Waals surface area contributed by atoms with Crippen molar-refractivity contribution in [1.29, 1.82) is 5.26 Å². The minimum Gasteiger partial charge on any atom is -0.265 e. The van der Waals surface area contributed by atoms with E-state index in [1.54, 1.807) is 6.07 Å². The number of nitrogens with zero attached hydrogens (tertiary/aromatic N) is 2. The van der Waals surface area contributed by atoms with E-state index in [1.807, 2.05) is 0 Å². The third kappa shape index (κ3) is 1.61. The molecule has 74 valence electrons. The van der Waals surface area contributed by atoms with Crippen molar-refractivity contribution >= 4 is 9.84 Å². The predicted octanol–water partition coefficient (Wildman–Crippen LogP) is 1.16. The Morgan fingerprint density at radius 3 is 2.29 bits per heavy atom. The third-order valence-electron chi connectivity index (χ3n) is 1.90. The summed E-state index contributed by atoms with van der Waals surface area (Å²) < 4.78 is 22.3. The maximum Gasteiger partial charge on any atom is 0.196 e. The quantitative estimate of drug-likeness (QED) is 0.734. The topological polar surface area (TPSA) is 70.8 Å². The number of pyridine rings is 1. The van der Waals surface area contributed by atoms with Crippen LogP contribution in [0.5, 0.6) is 0 Å². The zero-order valence-electron chi connectivity index (χ0n) is 7.93. The molecular weight excluding hydrogens is 200 g/mol. The summed E-state index contributed by atoms with van der Waals surface area (Å²) in [5.74, 6) is 0. The number of hydrogen-bond donors (Lipinski definition) is 0. The molecule has 1 rings (SSSR count). The van der Waals surface area contributed by atoms with Crippen LogP contribution in [0, 0.1) is 11.3 Å². The monoisotopic (exact) mass is 210 g/mol. The Kier molecular flexibility index (Phi) is 2.58. The van der Waals surface area contributed by atoms with E-state index < -0.39 is 14.6 Å². The number of nitriles is 1. The summed E-state index contributed by atoms with van der Waals surface area (Å²) in [7, 11) is -3.59. The Labute approximate surface area is 83.1 Å². The van der Waals surface area contributed by atoms with Gasteiger partial charge in [-0.3, -0.25) is 4.98 Å². The van der Waals surface area contributed by atoms with Gasteiger partial charge in [-0.1, -0.05) is 0 Å². The van der Waals surface area contributed by atoms with Crippen molar-refractivity contribution in [2.24, 2.45) is 0 Å². The predicted molar refractivity (Wildman–Crippen MR) is 51.1 cm³/mol. The summed E-state index contributed by atoms with van der Waals surface area (Å²) in [5.41, 5.74) is 0. The average Bonchev–Trinajstić information content (AvgIpc) is 2.19. The normalized spacial score (nSPS) is 12.1. The lowest BCUT2D eigenvalue weighted by Gasteiger charge is -2.15. The fourth-order valence-corrected chi connectivity index (χ4v) is 2.06. The first-order valence-electron chi connectivity index (χ1n) is 3.98. The Balaban J connectivity index is 3.32. The van der Waals surface area contributed by atoms with Gasteiger partial charge in [-0.2, -0.15) is 5.26 Å². The fraction of sp³-hybridized carbons (Fsp3) is 0.333. The Morgan fingerprint density at radius 1 is 1.36 bits per heavy atom. The van der Waals surface area contributed by atoms with Crippen LogP contribution in [0.25, 0.3) is 0 Å². The zero-order chi connectivity index (χ0) is 10.8. The number of sulfone groups is 1. The Bertz CT molecular complexity index is 457. The van der Waals surface area contributed by atoms with Crippen LogP contribution in [-0.2, 0) is 9.84 Å². The Hall–Kier alpha value is -1.41. The van der Waals surface area contributed by atoms with Crippen LogP contribution in [-0.4, -0.2) is 18.1 Å². The molecule has 4 nitrogen and oxygen atoms in total. The summed E-state index contributed by atoms with van der Waals surface area (Å²) in [5, 5.41) is 8.75. The van der Waals surface area contributed by atoms with E-state index in [-0.39, 0.29) is 4.90 Å². The van der Waals surface area contributed by atoms with Gasteiger partial charge in [0.2, 0.25) is 0 Å². The largest absolute Gasteiger partial charge is 0.265 e. The van der Waals surface area contributed by atoms with Crippen molar-refractivity contribution in [3.8, 4) is 6.07 Å². The maximum atomic E-state index is 11.8. The fourth-order valence-electron chi connectivity index (χ4n) is 0.872. The van der Waals surface area contributed by atoms with Crippen LogP contribution in [0.3, 0.4) is 0 Å². The molecule has 0 atom stereocenters. The van der Waals surface area contributed by atoms with Gasteiger partial charge < -0.3 is 0 Å². The first-order chi connectivity index (χ1) is 6.42. The van der Waals surface area contributed by atoms with Crippen LogP contribution in [0.15, 0.2) is 29.4 Å². The van der Waals surface area contributed by atoms with E-state index in [2.05, 4.69) is 4.98 Å². The summed E-state index contributed by atoms with van der Waals surface area (Å²) in [6.07, 6.45) is 2.78. The summed E-state index contributed by atoms with van der Waals surface area (Å²) in [6, 6.07) is 4.54. The zero-order valence-corrected chi connectivity index (χ0v) is 8.75. The van der Waals surface area contributed by atoms with Gasteiger partial charge in [0.15, 0.2) is 14.6 Å². The minimum atomic E-state index is -3.59. The van der Waals surface area contributed by atoms with Crippen molar-refractivity contribution in [1.82, 2.24) is 4.98 Å². The lowest BCUT2D eigenvalue weighted by molar-refractivity contribution is 0.574.